The van der Waals surface area contributed by atoms with Gasteiger partial charge in [0, 0.05) is 41.9 Å². The number of fused-ring (bicyclic) bond motifs is 4. The van der Waals surface area contributed by atoms with Crippen LogP contribution in [0.2, 0.25) is 0 Å². The van der Waals surface area contributed by atoms with Crippen molar-refractivity contribution in [2.24, 2.45) is 11.8 Å². The van der Waals surface area contributed by atoms with E-state index in [1.807, 2.05) is 0 Å². The maximum absolute atomic E-state index is 13.9. The van der Waals surface area contributed by atoms with Crippen molar-refractivity contribution in [2.75, 3.05) is 39.5 Å². The maximum Gasteiger partial charge on any atom is 0.420 e. The summed E-state index contributed by atoms with van der Waals surface area (Å²) in [5.41, 5.74) is 1.08. The van der Waals surface area contributed by atoms with Crippen molar-refractivity contribution in [1.29, 1.82) is 0 Å². The Hall–Kier alpha value is -2.36. The summed E-state index contributed by atoms with van der Waals surface area (Å²) < 4.78 is 49.3. The van der Waals surface area contributed by atoms with Crippen molar-refractivity contribution in [2.45, 2.75) is 25.6 Å². The summed E-state index contributed by atoms with van der Waals surface area (Å²) in [7, 11) is 0. The zero-order chi connectivity index (χ0) is 21.9. The summed E-state index contributed by atoms with van der Waals surface area (Å²) in [5.74, 6) is 1.31. The standard InChI is InChI=1S/C23H27F3N5O/c24-23(25,26)21-6-19(18-2-4-32-13-18)8-30-9-20(28-22(21)30)12-31-10-16-1-3-27-14-29(15-31)7-17(5-16)11-31/h2,4,6,8-9,13,16-17,27H,1,3,5,7,10-12,14-15H2/q+1. The molecule has 0 aromatic carbocycles. The quantitative estimate of drug-likeness (QED) is 0.622. The molecule has 0 radical (unpaired) electrons. The molecule has 4 unspecified atom stereocenters. The van der Waals surface area contributed by atoms with E-state index in [0.29, 0.717) is 29.5 Å². The van der Waals surface area contributed by atoms with Gasteiger partial charge in [0.2, 0.25) is 0 Å². The predicted molar refractivity (Wildman–Crippen MR) is 112 cm³/mol. The molecule has 7 rings (SSSR count). The molecule has 1 N–H and O–H groups in total. The Kier molecular flexibility index (Phi) is 4.64. The van der Waals surface area contributed by atoms with E-state index in [2.05, 4.69) is 15.2 Å². The maximum atomic E-state index is 13.9. The summed E-state index contributed by atoms with van der Waals surface area (Å²) in [6.45, 7) is 6.81. The molecule has 0 amide bonds. The Morgan fingerprint density at radius 2 is 2.06 bits per heavy atom. The highest BCUT2D eigenvalue weighted by molar-refractivity contribution is 5.67. The van der Waals surface area contributed by atoms with Gasteiger partial charge in [0.15, 0.2) is 0 Å². The third-order valence-corrected chi connectivity index (χ3v) is 7.30. The van der Waals surface area contributed by atoms with Crippen LogP contribution in [0, 0.1) is 11.8 Å². The highest BCUT2D eigenvalue weighted by Crippen LogP contribution is 2.38. The number of quaternary nitrogens is 1. The van der Waals surface area contributed by atoms with Gasteiger partial charge in [-0.3, -0.25) is 0 Å². The first kappa shape index (κ1) is 20.3. The molecular formula is C23H27F3N5O+. The van der Waals surface area contributed by atoms with E-state index < -0.39 is 11.7 Å². The molecule has 0 aliphatic carbocycles. The minimum absolute atomic E-state index is 0.0251. The molecule has 170 valence electrons. The van der Waals surface area contributed by atoms with Gasteiger partial charge < -0.3 is 18.6 Å². The van der Waals surface area contributed by atoms with Crippen LogP contribution < -0.4 is 5.32 Å². The molecule has 4 bridgehead atoms. The lowest BCUT2D eigenvalue weighted by molar-refractivity contribution is -0.966. The van der Waals surface area contributed by atoms with E-state index in [1.54, 1.807) is 22.9 Å². The number of rotatable bonds is 3. The average Bonchev–Trinajstić information content (AvgIpc) is 3.38. The zero-order valence-corrected chi connectivity index (χ0v) is 17.8. The van der Waals surface area contributed by atoms with Gasteiger partial charge in [-0.15, -0.1) is 0 Å². The minimum Gasteiger partial charge on any atom is -0.472 e. The lowest BCUT2D eigenvalue weighted by Gasteiger charge is -2.53. The van der Waals surface area contributed by atoms with Crippen LogP contribution in [0.3, 0.4) is 0 Å². The molecule has 4 aliphatic heterocycles. The van der Waals surface area contributed by atoms with Gasteiger partial charge in [0.05, 0.1) is 37.8 Å². The molecule has 4 atom stereocenters. The zero-order valence-electron chi connectivity index (χ0n) is 17.8. The predicted octanol–water partition coefficient (Wildman–Crippen LogP) is 3.79. The number of aromatic nitrogens is 2. The van der Waals surface area contributed by atoms with Crippen molar-refractivity contribution < 1.29 is 22.1 Å². The third-order valence-electron chi connectivity index (χ3n) is 7.30. The second-order valence-electron chi connectivity index (χ2n) is 9.89. The van der Waals surface area contributed by atoms with Crippen LogP contribution in [0.25, 0.3) is 16.8 Å². The summed E-state index contributed by atoms with van der Waals surface area (Å²) in [4.78, 5) is 7.00. The molecule has 9 heteroatoms. The number of furan rings is 1. The number of piperidine rings is 1. The number of imidazole rings is 1. The van der Waals surface area contributed by atoms with Gasteiger partial charge >= 0.3 is 6.18 Å². The third kappa shape index (κ3) is 3.62. The van der Waals surface area contributed by atoms with Gasteiger partial charge in [0.25, 0.3) is 0 Å². The van der Waals surface area contributed by atoms with Crippen molar-refractivity contribution in [3.05, 3.63) is 48.3 Å². The fourth-order valence-corrected chi connectivity index (χ4v) is 6.30. The summed E-state index contributed by atoms with van der Waals surface area (Å²) in [6.07, 6.45) is 4.38. The molecule has 3 aromatic rings. The molecule has 4 aliphatic rings. The van der Waals surface area contributed by atoms with Crippen molar-refractivity contribution >= 4 is 5.65 Å². The Morgan fingerprint density at radius 1 is 1.19 bits per heavy atom. The van der Waals surface area contributed by atoms with E-state index in [9.17, 15) is 13.2 Å². The fourth-order valence-electron chi connectivity index (χ4n) is 6.30. The number of hydrogen-bond donors (Lipinski definition) is 1. The van der Waals surface area contributed by atoms with E-state index in [-0.39, 0.29) is 5.65 Å². The van der Waals surface area contributed by atoms with Gasteiger partial charge in [-0.2, -0.15) is 13.2 Å². The smallest absolute Gasteiger partial charge is 0.420 e. The number of pyridine rings is 1. The molecule has 0 saturated carbocycles. The summed E-state index contributed by atoms with van der Waals surface area (Å²) in [6, 6.07) is 2.84. The van der Waals surface area contributed by atoms with E-state index in [0.717, 1.165) is 49.7 Å². The largest absolute Gasteiger partial charge is 0.472 e. The van der Waals surface area contributed by atoms with Gasteiger partial charge in [0.1, 0.15) is 24.6 Å². The van der Waals surface area contributed by atoms with Crippen LogP contribution in [0.1, 0.15) is 24.1 Å². The van der Waals surface area contributed by atoms with Gasteiger partial charge in [-0.05, 0) is 31.5 Å². The molecule has 4 fully saturated rings. The molecule has 3 aromatic heterocycles. The van der Waals surface area contributed by atoms with E-state index >= 15 is 0 Å². The monoisotopic (exact) mass is 446 g/mol. The Morgan fingerprint density at radius 3 is 2.88 bits per heavy atom. The molecule has 32 heavy (non-hydrogen) atoms. The highest BCUT2D eigenvalue weighted by atomic mass is 19.4. The Bertz CT molecular complexity index is 1100. The molecule has 0 spiro atoms. The Balaban J connectivity index is 1.39. The van der Waals surface area contributed by atoms with E-state index in [4.69, 9.17) is 4.42 Å². The van der Waals surface area contributed by atoms with E-state index in [1.165, 1.54) is 31.4 Å². The first-order valence-corrected chi connectivity index (χ1v) is 11.3. The number of halogens is 3. The minimum atomic E-state index is -4.48. The van der Waals surface area contributed by atoms with Gasteiger partial charge in [-0.1, -0.05) is 0 Å². The van der Waals surface area contributed by atoms with Crippen LogP contribution in [0.15, 0.2) is 41.5 Å². The normalized spacial score (nSPS) is 30.4. The lowest BCUT2D eigenvalue weighted by atomic mass is 9.84. The number of nitrogens with zero attached hydrogens (tertiary/aromatic N) is 4. The molecule has 7 heterocycles. The highest BCUT2D eigenvalue weighted by Gasteiger charge is 2.46. The van der Waals surface area contributed by atoms with Crippen molar-refractivity contribution in [3.8, 4) is 11.1 Å². The van der Waals surface area contributed by atoms with Crippen LogP contribution >= 0.6 is 0 Å². The fraction of sp³-hybridized carbons (Fsp3) is 0.522. The average molecular weight is 446 g/mol. The molecule has 4 saturated heterocycles. The molecule has 6 nitrogen and oxygen atoms in total. The van der Waals surface area contributed by atoms with Crippen LogP contribution in [0.4, 0.5) is 13.2 Å². The summed E-state index contributed by atoms with van der Waals surface area (Å²) in [5, 5.41) is 3.55. The first-order chi connectivity index (χ1) is 15.4. The van der Waals surface area contributed by atoms with Gasteiger partial charge in [-0.25, -0.2) is 9.88 Å². The topological polar surface area (TPSA) is 45.7 Å². The number of hydrogen-bond acceptors (Lipinski definition) is 4. The van der Waals surface area contributed by atoms with Crippen LogP contribution in [0.5, 0.6) is 0 Å². The number of nitrogens with one attached hydrogen (secondary N) is 1. The lowest BCUT2D eigenvalue weighted by Crippen LogP contribution is -2.66. The SMILES string of the molecule is FC(F)(F)c1cc(-c2ccoc2)cn2cc(C[N+]34CC5CCNCN(CC(C5)C3)C4)nc12. The number of alkyl halides is 3. The Labute approximate surface area is 184 Å². The molecular weight excluding hydrogens is 419 g/mol. The second kappa shape index (κ2) is 7.33. The van der Waals surface area contributed by atoms with Crippen LogP contribution in [-0.4, -0.2) is 58.3 Å². The summed E-state index contributed by atoms with van der Waals surface area (Å²) >= 11 is 0. The van der Waals surface area contributed by atoms with Crippen molar-refractivity contribution in [1.82, 2.24) is 19.6 Å². The van der Waals surface area contributed by atoms with Crippen LogP contribution in [-0.2, 0) is 12.7 Å². The second-order valence-corrected chi connectivity index (χ2v) is 9.89. The first-order valence-electron chi connectivity index (χ1n) is 11.3. The van der Waals surface area contributed by atoms with Crippen molar-refractivity contribution in [3.63, 3.8) is 0 Å².